The average molecular weight is 165 g/mol. The Bertz CT molecular complexity index is 288. The van der Waals surface area contributed by atoms with Crippen molar-refractivity contribution in [1.82, 2.24) is 0 Å². The lowest BCUT2D eigenvalue weighted by molar-refractivity contribution is 0.698. The van der Waals surface area contributed by atoms with Crippen LogP contribution in [0, 0.1) is 0 Å². The van der Waals surface area contributed by atoms with Gasteiger partial charge in [-0.25, -0.2) is 0 Å². The lowest BCUT2D eigenvalue weighted by atomic mass is 10.2. The monoisotopic (exact) mass is 165 g/mol. The average Bonchev–Trinajstić information content (AvgIpc) is 2.07. The molecule has 0 aromatic heterocycles. The zero-order valence-electron chi connectivity index (χ0n) is 5.81. The fourth-order valence-corrected chi connectivity index (χ4v) is 0.816. The smallest absolute Gasteiger partial charge is 0.191 e. The van der Waals surface area contributed by atoms with Crippen LogP contribution in [-0.2, 0) is 11.5 Å². The summed E-state index contributed by atoms with van der Waals surface area (Å²) in [4.78, 5) is 0. The van der Waals surface area contributed by atoms with Gasteiger partial charge in [-0.05, 0) is 11.6 Å². The van der Waals surface area contributed by atoms with Crippen molar-refractivity contribution in [2.24, 2.45) is 4.36 Å². The predicted molar refractivity (Wildman–Crippen MR) is 46.0 cm³/mol. The maximum absolute atomic E-state index is 9.82. The molecule has 0 saturated carbocycles. The normalized spacial score (nSPS) is 9.82. The maximum atomic E-state index is 9.82. The molecule has 0 saturated heterocycles. The molecule has 0 radical (unpaired) electrons. The van der Waals surface area contributed by atoms with E-state index in [1.807, 2.05) is 30.3 Å². The van der Waals surface area contributed by atoms with Crippen molar-refractivity contribution in [2.75, 3.05) is 0 Å². The topological polar surface area (TPSA) is 29.4 Å². The van der Waals surface area contributed by atoms with E-state index in [0.717, 1.165) is 5.56 Å². The number of nitrogens with zero attached hydrogens (tertiary/aromatic N) is 1. The molecule has 2 nitrogen and oxygen atoms in total. The van der Waals surface area contributed by atoms with E-state index in [9.17, 15) is 4.21 Å². The van der Waals surface area contributed by atoms with Crippen molar-refractivity contribution in [3.05, 3.63) is 42.1 Å². The molecule has 1 aromatic rings. The Labute approximate surface area is 68.8 Å². The molecule has 0 bridgehead atoms. The summed E-state index contributed by atoms with van der Waals surface area (Å²) < 4.78 is 13.3. The Balaban J connectivity index is 2.72. The van der Waals surface area contributed by atoms with Crippen LogP contribution in [0.4, 0.5) is 0 Å². The largest absolute Gasteiger partial charge is 0.204 e. The number of hydrogen-bond donors (Lipinski definition) is 0. The molecule has 0 spiro atoms. The van der Waals surface area contributed by atoms with E-state index in [4.69, 9.17) is 0 Å². The highest BCUT2D eigenvalue weighted by Gasteiger charge is 1.79. The Morgan fingerprint density at radius 2 is 2.00 bits per heavy atom. The molecule has 0 fully saturated rings. The highest BCUT2D eigenvalue weighted by atomic mass is 32.1. The van der Waals surface area contributed by atoms with Crippen molar-refractivity contribution in [2.45, 2.75) is 0 Å². The molecular formula is C8H7NOS. The molecule has 1 rings (SSSR count). The Morgan fingerprint density at radius 1 is 1.27 bits per heavy atom. The molecule has 0 aliphatic carbocycles. The van der Waals surface area contributed by atoms with Gasteiger partial charge in [-0.3, -0.25) is 0 Å². The predicted octanol–water partition coefficient (Wildman–Crippen LogP) is 2.05. The van der Waals surface area contributed by atoms with Crippen LogP contribution in [0.2, 0.25) is 0 Å². The first-order valence-electron chi connectivity index (χ1n) is 3.14. The van der Waals surface area contributed by atoms with Crippen molar-refractivity contribution < 1.29 is 4.21 Å². The Morgan fingerprint density at radius 3 is 2.64 bits per heavy atom. The van der Waals surface area contributed by atoms with Crippen LogP contribution in [-0.4, -0.2) is 4.21 Å². The molecule has 0 aliphatic heterocycles. The van der Waals surface area contributed by atoms with Crippen molar-refractivity contribution >= 4 is 17.5 Å². The fourth-order valence-electron chi connectivity index (χ4n) is 0.705. The fraction of sp³-hybridized carbons (Fsp3) is 0. The second-order valence-corrected chi connectivity index (χ2v) is 2.27. The minimum absolute atomic E-state index is 0.209. The summed E-state index contributed by atoms with van der Waals surface area (Å²) in [5.74, 6) is 0. The van der Waals surface area contributed by atoms with E-state index in [0.29, 0.717) is 0 Å². The molecule has 1 aromatic carbocycles. The first-order chi connectivity index (χ1) is 5.43. The maximum Gasteiger partial charge on any atom is 0.204 e. The van der Waals surface area contributed by atoms with Crippen molar-refractivity contribution in [3.8, 4) is 0 Å². The van der Waals surface area contributed by atoms with E-state index in [2.05, 4.69) is 4.36 Å². The summed E-state index contributed by atoms with van der Waals surface area (Å²) in [5, 5.41) is 0. The highest BCUT2D eigenvalue weighted by molar-refractivity contribution is 7.54. The van der Waals surface area contributed by atoms with Gasteiger partial charge in [0.2, 0.25) is 11.5 Å². The first kappa shape index (κ1) is 7.88. The van der Waals surface area contributed by atoms with E-state index in [-0.39, 0.29) is 11.5 Å². The zero-order chi connectivity index (χ0) is 7.94. The molecule has 0 aliphatic rings. The minimum Gasteiger partial charge on any atom is -0.191 e. The van der Waals surface area contributed by atoms with Crippen molar-refractivity contribution in [1.29, 1.82) is 0 Å². The standard InChI is InChI=1S/C8H7NOS/c10-11-9-7-6-8-4-2-1-3-5-8/h1-7H. The summed E-state index contributed by atoms with van der Waals surface area (Å²) in [6.45, 7) is 0. The lowest BCUT2D eigenvalue weighted by Crippen LogP contribution is -1.66. The van der Waals surface area contributed by atoms with E-state index < -0.39 is 0 Å². The molecule has 0 atom stereocenters. The van der Waals surface area contributed by atoms with Crippen molar-refractivity contribution in [3.63, 3.8) is 0 Å². The van der Waals surface area contributed by atoms with E-state index >= 15 is 0 Å². The van der Waals surface area contributed by atoms with Gasteiger partial charge in [0.15, 0.2) is 0 Å². The van der Waals surface area contributed by atoms with Gasteiger partial charge >= 0.3 is 0 Å². The molecule has 56 valence electrons. The van der Waals surface area contributed by atoms with Crippen LogP contribution in [0.1, 0.15) is 5.56 Å². The third-order valence-corrected chi connectivity index (χ3v) is 1.38. The molecule has 3 heteroatoms. The molecule has 0 unspecified atom stereocenters. The minimum atomic E-state index is 0.209. The van der Waals surface area contributed by atoms with Gasteiger partial charge in [-0.1, -0.05) is 30.3 Å². The van der Waals surface area contributed by atoms with Gasteiger partial charge in [0.05, 0.1) is 0 Å². The summed E-state index contributed by atoms with van der Waals surface area (Å²) in [7, 11) is 0. The molecule has 0 N–H and O–H groups in total. The van der Waals surface area contributed by atoms with Gasteiger partial charge in [-0.15, -0.1) is 0 Å². The first-order valence-corrected chi connectivity index (χ1v) is 3.84. The lowest BCUT2D eigenvalue weighted by Gasteiger charge is -1.86. The van der Waals surface area contributed by atoms with E-state index in [1.165, 1.54) is 6.20 Å². The van der Waals surface area contributed by atoms with Gasteiger partial charge in [0, 0.05) is 6.20 Å². The van der Waals surface area contributed by atoms with Gasteiger partial charge in [0.1, 0.15) is 0 Å². The Kier molecular flexibility index (Phi) is 3.28. The highest BCUT2D eigenvalue weighted by Crippen LogP contribution is 2.00. The SMILES string of the molecule is O=S=NC=Cc1ccccc1. The third-order valence-electron chi connectivity index (χ3n) is 1.17. The van der Waals surface area contributed by atoms with Gasteiger partial charge < -0.3 is 0 Å². The number of rotatable bonds is 2. The summed E-state index contributed by atoms with van der Waals surface area (Å²) in [6.07, 6.45) is 3.28. The summed E-state index contributed by atoms with van der Waals surface area (Å²) in [5.41, 5.74) is 1.05. The number of hydrogen-bond acceptors (Lipinski definition) is 2. The van der Waals surface area contributed by atoms with Crippen LogP contribution in [0.15, 0.2) is 40.9 Å². The molecular weight excluding hydrogens is 158 g/mol. The van der Waals surface area contributed by atoms with Crippen LogP contribution in [0.3, 0.4) is 0 Å². The summed E-state index contributed by atoms with van der Waals surface area (Å²) >= 11 is 0.209. The van der Waals surface area contributed by atoms with Crippen LogP contribution in [0.25, 0.3) is 6.08 Å². The molecule has 11 heavy (non-hydrogen) atoms. The van der Waals surface area contributed by atoms with Crippen LogP contribution >= 0.6 is 0 Å². The van der Waals surface area contributed by atoms with Gasteiger partial charge in [0.25, 0.3) is 0 Å². The third kappa shape index (κ3) is 2.91. The van der Waals surface area contributed by atoms with Gasteiger partial charge in [-0.2, -0.15) is 8.57 Å². The second kappa shape index (κ2) is 4.57. The van der Waals surface area contributed by atoms with Crippen LogP contribution in [0.5, 0.6) is 0 Å². The van der Waals surface area contributed by atoms with E-state index in [1.54, 1.807) is 6.08 Å². The molecule has 0 amide bonds. The van der Waals surface area contributed by atoms with Crippen LogP contribution < -0.4 is 0 Å². The number of benzene rings is 1. The molecule has 0 heterocycles. The second-order valence-electron chi connectivity index (χ2n) is 1.91. The Hall–Kier alpha value is -1.22. The zero-order valence-corrected chi connectivity index (χ0v) is 6.62. The quantitative estimate of drug-likeness (QED) is 0.659. The summed E-state index contributed by atoms with van der Waals surface area (Å²) in [6, 6.07) is 9.70.